The predicted molar refractivity (Wildman–Crippen MR) is 64.2 cm³/mol. The van der Waals surface area contributed by atoms with Gasteiger partial charge in [0.05, 0.1) is 6.10 Å². The Kier molecular flexibility index (Phi) is 6.98. The van der Waals surface area contributed by atoms with E-state index < -0.39 is 0 Å². The molecule has 3 nitrogen and oxygen atoms in total. The number of ether oxygens (including phenoxy) is 1. The summed E-state index contributed by atoms with van der Waals surface area (Å²) in [5, 5.41) is 6.89. The largest absolute Gasteiger partial charge is 0.377 e. The molecule has 0 aromatic heterocycles. The van der Waals surface area contributed by atoms with Crippen LogP contribution in [-0.2, 0) is 4.74 Å². The van der Waals surface area contributed by atoms with Gasteiger partial charge in [-0.1, -0.05) is 13.8 Å². The Bertz CT molecular complexity index is 145. The van der Waals surface area contributed by atoms with Crippen LogP contribution in [0, 0.1) is 0 Å². The van der Waals surface area contributed by atoms with E-state index in [4.69, 9.17) is 4.74 Å². The third-order valence-corrected chi connectivity index (χ3v) is 2.73. The molecule has 1 atom stereocenters. The first-order valence-corrected chi connectivity index (χ1v) is 6.34. The molecule has 1 rings (SSSR count). The summed E-state index contributed by atoms with van der Waals surface area (Å²) in [7, 11) is 0. The molecule has 1 heterocycles. The summed E-state index contributed by atoms with van der Waals surface area (Å²) in [5.74, 6) is 0. The fraction of sp³-hybridized carbons (Fsp3) is 1.00. The quantitative estimate of drug-likeness (QED) is 0.601. The van der Waals surface area contributed by atoms with Gasteiger partial charge in [0.15, 0.2) is 0 Å². The van der Waals surface area contributed by atoms with E-state index in [0.29, 0.717) is 12.1 Å². The number of hydrogen-bond acceptors (Lipinski definition) is 3. The predicted octanol–water partition coefficient (Wildman–Crippen LogP) is 1.53. The minimum atomic E-state index is 0.485. The van der Waals surface area contributed by atoms with Gasteiger partial charge in [0.1, 0.15) is 0 Å². The van der Waals surface area contributed by atoms with Crippen LogP contribution in [0.15, 0.2) is 0 Å². The Morgan fingerprint density at radius 3 is 2.73 bits per heavy atom. The van der Waals surface area contributed by atoms with Crippen molar-refractivity contribution in [3.05, 3.63) is 0 Å². The van der Waals surface area contributed by atoms with Gasteiger partial charge in [0.25, 0.3) is 0 Å². The third kappa shape index (κ3) is 6.88. The fourth-order valence-corrected chi connectivity index (χ4v) is 1.83. The van der Waals surface area contributed by atoms with Crippen molar-refractivity contribution in [3.63, 3.8) is 0 Å². The van der Waals surface area contributed by atoms with Crippen LogP contribution in [0.1, 0.15) is 39.5 Å². The molecule has 0 amide bonds. The normalized spacial score (nSPS) is 21.4. The number of unbranched alkanes of at least 4 members (excludes halogenated alkanes) is 1. The van der Waals surface area contributed by atoms with Gasteiger partial charge in [0.2, 0.25) is 0 Å². The summed E-state index contributed by atoms with van der Waals surface area (Å²) in [6.07, 6.45) is 5.48. The van der Waals surface area contributed by atoms with Crippen LogP contribution in [0.2, 0.25) is 0 Å². The highest BCUT2D eigenvalue weighted by Gasteiger charge is 2.13. The topological polar surface area (TPSA) is 33.3 Å². The van der Waals surface area contributed by atoms with Gasteiger partial charge in [-0.15, -0.1) is 0 Å². The van der Waals surface area contributed by atoms with Crippen molar-refractivity contribution in [2.24, 2.45) is 0 Å². The Hall–Kier alpha value is -0.120. The summed E-state index contributed by atoms with van der Waals surface area (Å²) in [6.45, 7) is 8.65. The molecular weight excluding hydrogens is 188 g/mol. The second-order valence-electron chi connectivity index (χ2n) is 4.66. The smallest absolute Gasteiger partial charge is 0.0700 e. The van der Waals surface area contributed by atoms with Crippen molar-refractivity contribution in [2.75, 3.05) is 26.2 Å². The molecule has 0 saturated carbocycles. The Labute approximate surface area is 94.0 Å². The second-order valence-corrected chi connectivity index (χ2v) is 4.66. The molecule has 0 bridgehead atoms. The maximum atomic E-state index is 5.54. The van der Waals surface area contributed by atoms with Crippen molar-refractivity contribution in [2.45, 2.75) is 51.7 Å². The second kappa shape index (κ2) is 8.08. The Morgan fingerprint density at radius 1 is 1.27 bits per heavy atom. The van der Waals surface area contributed by atoms with E-state index in [1.165, 1.54) is 25.7 Å². The van der Waals surface area contributed by atoms with E-state index >= 15 is 0 Å². The third-order valence-electron chi connectivity index (χ3n) is 2.73. The first kappa shape index (κ1) is 12.9. The van der Waals surface area contributed by atoms with Crippen LogP contribution < -0.4 is 10.6 Å². The van der Waals surface area contributed by atoms with E-state index in [2.05, 4.69) is 24.5 Å². The monoisotopic (exact) mass is 214 g/mol. The number of hydrogen-bond donors (Lipinski definition) is 2. The Morgan fingerprint density at radius 2 is 2.07 bits per heavy atom. The first-order chi connectivity index (χ1) is 7.29. The van der Waals surface area contributed by atoms with Crippen molar-refractivity contribution in [1.82, 2.24) is 10.6 Å². The zero-order chi connectivity index (χ0) is 10.9. The molecular formula is C12H26N2O. The minimum Gasteiger partial charge on any atom is -0.377 e. The molecule has 1 aliphatic heterocycles. The summed E-state index contributed by atoms with van der Waals surface area (Å²) in [6, 6.07) is 0.616. The van der Waals surface area contributed by atoms with Crippen molar-refractivity contribution in [3.8, 4) is 0 Å². The number of nitrogens with one attached hydrogen (secondary N) is 2. The Balaban J connectivity index is 1.76. The molecule has 0 aromatic carbocycles. The molecule has 0 radical (unpaired) electrons. The molecule has 0 aromatic rings. The summed E-state index contributed by atoms with van der Waals surface area (Å²) >= 11 is 0. The van der Waals surface area contributed by atoms with Gasteiger partial charge in [-0.25, -0.2) is 0 Å². The minimum absolute atomic E-state index is 0.485. The standard InChI is InChI=1S/C12H26N2O/c1-11(2)14-8-4-3-7-13-10-12-6-5-9-15-12/h11-14H,3-10H2,1-2H3. The van der Waals surface area contributed by atoms with Crippen molar-refractivity contribution >= 4 is 0 Å². The first-order valence-electron chi connectivity index (χ1n) is 6.34. The van der Waals surface area contributed by atoms with Crippen LogP contribution in [0.25, 0.3) is 0 Å². The molecule has 1 saturated heterocycles. The van der Waals surface area contributed by atoms with Crippen LogP contribution in [-0.4, -0.2) is 38.4 Å². The lowest BCUT2D eigenvalue weighted by Gasteiger charge is -2.11. The zero-order valence-electron chi connectivity index (χ0n) is 10.2. The van der Waals surface area contributed by atoms with Gasteiger partial charge in [-0.05, 0) is 38.8 Å². The number of rotatable bonds is 8. The molecule has 3 heteroatoms. The van der Waals surface area contributed by atoms with Crippen molar-refractivity contribution < 1.29 is 4.74 Å². The van der Waals surface area contributed by atoms with Gasteiger partial charge >= 0.3 is 0 Å². The van der Waals surface area contributed by atoms with Crippen LogP contribution in [0.5, 0.6) is 0 Å². The van der Waals surface area contributed by atoms with Crippen LogP contribution in [0.4, 0.5) is 0 Å². The van der Waals surface area contributed by atoms with Gasteiger partial charge in [0, 0.05) is 19.2 Å². The summed E-state index contributed by atoms with van der Waals surface area (Å²) < 4.78 is 5.54. The average Bonchev–Trinajstić information content (AvgIpc) is 2.68. The van der Waals surface area contributed by atoms with Gasteiger partial charge < -0.3 is 15.4 Å². The van der Waals surface area contributed by atoms with Crippen LogP contribution >= 0.6 is 0 Å². The van der Waals surface area contributed by atoms with E-state index in [-0.39, 0.29) is 0 Å². The van der Waals surface area contributed by atoms with Gasteiger partial charge in [-0.2, -0.15) is 0 Å². The average molecular weight is 214 g/mol. The maximum absolute atomic E-state index is 5.54. The van der Waals surface area contributed by atoms with Crippen molar-refractivity contribution in [1.29, 1.82) is 0 Å². The molecule has 90 valence electrons. The lowest BCUT2D eigenvalue weighted by atomic mass is 10.2. The van der Waals surface area contributed by atoms with E-state index in [0.717, 1.165) is 26.2 Å². The van der Waals surface area contributed by atoms with Crippen LogP contribution in [0.3, 0.4) is 0 Å². The highest BCUT2D eigenvalue weighted by atomic mass is 16.5. The molecule has 1 unspecified atom stereocenters. The summed E-state index contributed by atoms with van der Waals surface area (Å²) in [4.78, 5) is 0. The zero-order valence-corrected chi connectivity index (χ0v) is 10.2. The van der Waals surface area contributed by atoms with E-state index in [1.807, 2.05) is 0 Å². The van der Waals surface area contributed by atoms with E-state index in [1.54, 1.807) is 0 Å². The lowest BCUT2D eigenvalue weighted by molar-refractivity contribution is 0.110. The fourth-order valence-electron chi connectivity index (χ4n) is 1.83. The van der Waals surface area contributed by atoms with Gasteiger partial charge in [-0.3, -0.25) is 0 Å². The van der Waals surface area contributed by atoms with E-state index in [9.17, 15) is 0 Å². The summed E-state index contributed by atoms with van der Waals surface area (Å²) in [5.41, 5.74) is 0. The SMILES string of the molecule is CC(C)NCCCCNCC1CCCO1. The molecule has 1 aliphatic rings. The molecule has 0 spiro atoms. The highest BCUT2D eigenvalue weighted by molar-refractivity contribution is 4.67. The molecule has 0 aliphatic carbocycles. The highest BCUT2D eigenvalue weighted by Crippen LogP contribution is 2.10. The molecule has 2 N–H and O–H groups in total. The molecule has 1 fully saturated rings. The maximum Gasteiger partial charge on any atom is 0.0700 e. The molecule has 15 heavy (non-hydrogen) atoms. The lowest BCUT2D eigenvalue weighted by Crippen LogP contribution is -2.28.